The van der Waals surface area contributed by atoms with Gasteiger partial charge >= 0.3 is 0 Å². The number of rotatable bonds is 4. The average Bonchev–Trinajstić information content (AvgIpc) is 2.93. The number of hydrogen-bond acceptors (Lipinski definition) is 2. The lowest BCUT2D eigenvalue weighted by molar-refractivity contribution is -0.116. The fourth-order valence-electron chi connectivity index (χ4n) is 2.12. The lowest BCUT2D eigenvalue weighted by Crippen LogP contribution is -2.20. The molecule has 0 aliphatic carbocycles. The second-order valence-electron chi connectivity index (χ2n) is 4.95. The molecule has 1 amide bonds. The van der Waals surface area contributed by atoms with E-state index in [1.807, 2.05) is 41.1 Å². The van der Waals surface area contributed by atoms with Crippen LogP contribution in [-0.4, -0.2) is 15.3 Å². The van der Waals surface area contributed by atoms with Crippen molar-refractivity contribution in [2.45, 2.75) is 6.54 Å². The zero-order chi connectivity index (χ0) is 16.2. The molecule has 0 unspecified atom stereocenters. The van der Waals surface area contributed by atoms with E-state index in [9.17, 15) is 4.79 Å². The Morgan fingerprint density at radius 1 is 1.30 bits per heavy atom. The van der Waals surface area contributed by atoms with Crippen LogP contribution in [-0.2, 0) is 11.3 Å². The number of fused-ring (bicyclic) bond motifs is 1. The molecule has 3 rings (SSSR count). The summed E-state index contributed by atoms with van der Waals surface area (Å²) in [4.78, 5) is 16.3. The van der Waals surface area contributed by atoms with Crippen LogP contribution in [0.4, 0.5) is 0 Å². The number of halogens is 2. The number of hydrogen-bond donors (Lipinski definition) is 1. The fraction of sp³-hybridized carbons (Fsp3) is 0.0588. The Morgan fingerprint density at radius 2 is 2.17 bits per heavy atom. The molecule has 116 valence electrons. The van der Waals surface area contributed by atoms with Crippen LogP contribution in [0.15, 0.2) is 59.3 Å². The normalized spacial score (nSPS) is 11.2. The highest BCUT2D eigenvalue weighted by atomic mass is 79.9. The van der Waals surface area contributed by atoms with Crippen molar-refractivity contribution >= 4 is 45.2 Å². The van der Waals surface area contributed by atoms with Gasteiger partial charge in [-0.15, -0.1) is 0 Å². The summed E-state index contributed by atoms with van der Waals surface area (Å²) in [5.74, 6) is -0.178. The largest absolute Gasteiger partial charge is 0.347 e. The van der Waals surface area contributed by atoms with Gasteiger partial charge in [0.1, 0.15) is 5.65 Å². The standard InChI is InChI=1S/C17H13BrClN3O/c18-13-5-6-16-21-15(11-22(16)10-13)9-20-17(23)7-4-12-2-1-3-14(19)8-12/h1-8,10-11H,9H2,(H,20,23). The Hall–Kier alpha value is -2.11. The van der Waals surface area contributed by atoms with E-state index in [-0.39, 0.29) is 5.91 Å². The Labute approximate surface area is 146 Å². The van der Waals surface area contributed by atoms with E-state index in [0.717, 1.165) is 21.4 Å². The Bertz CT molecular complexity index is 888. The van der Waals surface area contributed by atoms with Gasteiger partial charge in [0.15, 0.2) is 0 Å². The van der Waals surface area contributed by atoms with Crippen molar-refractivity contribution in [1.29, 1.82) is 0 Å². The average molecular weight is 391 g/mol. The minimum absolute atomic E-state index is 0.178. The second kappa shape index (κ2) is 6.98. The summed E-state index contributed by atoms with van der Waals surface area (Å²) < 4.78 is 2.88. The van der Waals surface area contributed by atoms with Gasteiger partial charge in [0.25, 0.3) is 0 Å². The van der Waals surface area contributed by atoms with Crippen LogP contribution < -0.4 is 5.32 Å². The third-order valence-corrected chi connectivity index (χ3v) is 3.89. The van der Waals surface area contributed by atoms with Crippen LogP contribution in [0.5, 0.6) is 0 Å². The molecule has 3 aromatic rings. The molecule has 0 aliphatic heterocycles. The Balaban J connectivity index is 1.61. The molecular formula is C17H13BrClN3O. The van der Waals surface area contributed by atoms with Crippen LogP contribution in [0, 0.1) is 0 Å². The van der Waals surface area contributed by atoms with E-state index in [0.29, 0.717) is 11.6 Å². The summed E-state index contributed by atoms with van der Waals surface area (Å²) in [6.45, 7) is 0.373. The predicted octanol–water partition coefficient (Wildman–Crippen LogP) is 4.08. The van der Waals surface area contributed by atoms with Gasteiger partial charge in [-0.25, -0.2) is 4.98 Å². The molecule has 2 heterocycles. The summed E-state index contributed by atoms with van der Waals surface area (Å²) in [6, 6.07) is 11.2. The number of pyridine rings is 1. The molecule has 0 atom stereocenters. The number of nitrogens with one attached hydrogen (secondary N) is 1. The van der Waals surface area contributed by atoms with Gasteiger partial charge in [-0.3, -0.25) is 4.79 Å². The third kappa shape index (κ3) is 4.21. The van der Waals surface area contributed by atoms with Crippen LogP contribution in [0.2, 0.25) is 5.02 Å². The van der Waals surface area contributed by atoms with Crippen molar-refractivity contribution in [3.63, 3.8) is 0 Å². The molecule has 23 heavy (non-hydrogen) atoms. The lowest BCUT2D eigenvalue weighted by Gasteiger charge is -1.98. The molecule has 0 aliphatic rings. The third-order valence-electron chi connectivity index (χ3n) is 3.18. The van der Waals surface area contributed by atoms with Crippen LogP contribution in [0.1, 0.15) is 11.3 Å². The zero-order valence-corrected chi connectivity index (χ0v) is 14.4. The number of benzene rings is 1. The van der Waals surface area contributed by atoms with Gasteiger partial charge in [0.2, 0.25) is 5.91 Å². The predicted molar refractivity (Wildman–Crippen MR) is 95.2 cm³/mol. The van der Waals surface area contributed by atoms with E-state index in [4.69, 9.17) is 11.6 Å². The zero-order valence-electron chi connectivity index (χ0n) is 12.0. The molecule has 1 N–H and O–H groups in total. The van der Waals surface area contributed by atoms with E-state index in [1.165, 1.54) is 6.08 Å². The molecule has 0 radical (unpaired) electrons. The first kappa shape index (κ1) is 15.8. The molecule has 1 aromatic carbocycles. The second-order valence-corrected chi connectivity index (χ2v) is 6.30. The molecule has 0 fully saturated rings. The molecular weight excluding hydrogens is 378 g/mol. The number of amides is 1. The summed E-state index contributed by atoms with van der Waals surface area (Å²) in [6.07, 6.45) is 7.02. The fourth-order valence-corrected chi connectivity index (χ4v) is 2.67. The minimum Gasteiger partial charge on any atom is -0.347 e. The van der Waals surface area contributed by atoms with Gasteiger partial charge < -0.3 is 9.72 Å². The molecule has 0 saturated carbocycles. The van der Waals surface area contributed by atoms with Crippen molar-refractivity contribution < 1.29 is 4.79 Å². The maximum Gasteiger partial charge on any atom is 0.244 e. The smallest absolute Gasteiger partial charge is 0.244 e. The molecule has 0 saturated heterocycles. The maximum atomic E-state index is 11.9. The quantitative estimate of drug-likeness (QED) is 0.682. The van der Waals surface area contributed by atoms with Gasteiger partial charge in [-0.05, 0) is 51.8 Å². The van der Waals surface area contributed by atoms with E-state index < -0.39 is 0 Å². The van der Waals surface area contributed by atoms with Crippen LogP contribution in [0.25, 0.3) is 11.7 Å². The number of carbonyl (C=O) groups excluding carboxylic acids is 1. The first-order valence-corrected chi connectivity index (χ1v) is 8.12. The van der Waals surface area contributed by atoms with E-state index in [2.05, 4.69) is 26.2 Å². The Morgan fingerprint density at radius 3 is 3.00 bits per heavy atom. The first-order chi connectivity index (χ1) is 11.1. The summed E-state index contributed by atoms with van der Waals surface area (Å²) >= 11 is 9.32. The van der Waals surface area contributed by atoms with Gasteiger partial charge in [0, 0.05) is 28.0 Å². The molecule has 0 spiro atoms. The highest BCUT2D eigenvalue weighted by Crippen LogP contribution is 2.13. The molecule has 2 aromatic heterocycles. The number of aromatic nitrogens is 2. The maximum absolute atomic E-state index is 11.9. The number of carbonyl (C=O) groups is 1. The molecule has 6 heteroatoms. The van der Waals surface area contributed by atoms with Crippen LogP contribution in [0.3, 0.4) is 0 Å². The number of imidazole rings is 1. The Kier molecular flexibility index (Phi) is 4.79. The highest BCUT2D eigenvalue weighted by Gasteiger charge is 2.03. The van der Waals surface area contributed by atoms with Crippen molar-refractivity contribution in [3.8, 4) is 0 Å². The molecule has 4 nitrogen and oxygen atoms in total. The van der Waals surface area contributed by atoms with Gasteiger partial charge in [0.05, 0.1) is 12.2 Å². The van der Waals surface area contributed by atoms with E-state index >= 15 is 0 Å². The van der Waals surface area contributed by atoms with Gasteiger partial charge in [-0.1, -0.05) is 23.7 Å². The lowest BCUT2D eigenvalue weighted by atomic mass is 10.2. The topological polar surface area (TPSA) is 46.4 Å². The van der Waals surface area contributed by atoms with E-state index in [1.54, 1.807) is 18.2 Å². The van der Waals surface area contributed by atoms with Crippen molar-refractivity contribution in [2.24, 2.45) is 0 Å². The molecule has 0 bridgehead atoms. The van der Waals surface area contributed by atoms with Crippen molar-refractivity contribution in [2.75, 3.05) is 0 Å². The monoisotopic (exact) mass is 389 g/mol. The summed E-state index contributed by atoms with van der Waals surface area (Å²) in [5, 5.41) is 3.46. The van der Waals surface area contributed by atoms with Gasteiger partial charge in [-0.2, -0.15) is 0 Å². The number of nitrogens with zero attached hydrogens (tertiary/aromatic N) is 2. The summed E-state index contributed by atoms with van der Waals surface area (Å²) in [5.41, 5.74) is 2.52. The minimum atomic E-state index is -0.178. The van der Waals surface area contributed by atoms with Crippen LogP contribution >= 0.6 is 27.5 Å². The highest BCUT2D eigenvalue weighted by molar-refractivity contribution is 9.10. The SMILES string of the molecule is O=C(C=Cc1cccc(Cl)c1)NCc1cn2cc(Br)ccc2n1. The summed E-state index contributed by atoms with van der Waals surface area (Å²) in [7, 11) is 0. The van der Waals surface area contributed by atoms with Crippen molar-refractivity contribution in [1.82, 2.24) is 14.7 Å². The van der Waals surface area contributed by atoms with Crippen molar-refractivity contribution in [3.05, 3.63) is 75.6 Å². The first-order valence-electron chi connectivity index (χ1n) is 6.95.